The van der Waals surface area contributed by atoms with Crippen molar-refractivity contribution in [2.24, 2.45) is 0 Å². The third-order valence-corrected chi connectivity index (χ3v) is 12.7. The van der Waals surface area contributed by atoms with E-state index < -0.39 is 7.14 Å². The Labute approximate surface area is 306 Å². The van der Waals surface area contributed by atoms with Crippen molar-refractivity contribution in [2.45, 2.75) is 0 Å². The van der Waals surface area contributed by atoms with E-state index >= 15 is 0 Å². The Morgan fingerprint density at radius 1 is 0.340 bits per heavy atom. The van der Waals surface area contributed by atoms with Gasteiger partial charge in [-0.15, -0.1) is 0 Å². The molecule has 6 heteroatoms. The van der Waals surface area contributed by atoms with E-state index in [-0.39, 0.29) is 5.82 Å². The van der Waals surface area contributed by atoms with Gasteiger partial charge in [0.05, 0.1) is 0 Å². The van der Waals surface area contributed by atoms with Gasteiger partial charge < -0.3 is 4.57 Å². The van der Waals surface area contributed by atoms with Crippen LogP contribution in [0.15, 0.2) is 188 Å². The van der Waals surface area contributed by atoms with Crippen LogP contribution in [0.5, 0.6) is 0 Å². The van der Waals surface area contributed by atoms with E-state index in [0.29, 0.717) is 28.3 Å². The van der Waals surface area contributed by atoms with E-state index in [4.69, 9.17) is 15.0 Å². The molecule has 0 saturated heterocycles. The maximum absolute atomic E-state index is 15.0. The first-order valence-corrected chi connectivity index (χ1v) is 19.1. The number of hydrogen-bond donors (Lipinski definition) is 0. The molecule has 0 aliphatic rings. The van der Waals surface area contributed by atoms with Crippen molar-refractivity contribution in [1.82, 2.24) is 15.0 Å². The number of halogens is 1. The first-order chi connectivity index (χ1) is 26.0. The van der Waals surface area contributed by atoms with Gasteiger partial charge in [-0.3, -0.25) is 0 Å². The number of benzene rings is 8. The smallest absolute Gasteiger partial charge is 0.171 e. The third-order valence-electron chi connectivity index (χ3n) is 9.65. The minimum Gasteiger partial charge on any atom is -0.309 e. The summed E-state index contributed by atoms with van der Waals surface area (Å²) in [4.78, 5) is 14.7. The lowest BCUT2D eigenvalue weighted by molar-refractivity contribution is 0.592. The van der Waals surface area contributed by atoms with Crippen LogP contribution >= 0.6 is 7.14 Å². The highest BCUT2D eigenvalue weighted by Crippen LogP contribution is 2.42. The molecule has 1 heterocycles. The summed E-state index contributed by atoms with van der Waals surface area (Å²) >= 11 is 0. The summed E-state index contributed by atoms with van der Waals surface area (Å²) in [6.45, 7) is 0. The molecule has 0 fully saturated rings. The topological polar surface area (TPSA) is 55.7 Å². The maximum atomic E-state index is 15.0. The Morgan fingerprint density at radius 3 is 1.25 bits per heavy atom. The van der Waals surface area contributed by atoms with Crippen LogP contribution in [0.4, 0.5) is 4.39 Å². The molecule has 0 unspecified atom stereocenters. The third kappa shape index (κ3) is 6.22. The molecule has 4 nitrogen and oxygen atoms in total. The van der Waals surface area contributed by atoms with Crippen LogP contribution in [0.3, 0.4) is 0 Å². The molecule has 0 radical (unpaired) electrons. The number of rotatable bonds is 7. The zero-order valence-corrected chi connectivity index (χ0v) is 29.4. The van der Waals surface area contributed by atoms with Gasteiger partial charge in [0.1, 0.15) is 5.82 Å². The maximum Gasteiger partial charge on any atom is 0.171 e. The molecule has 53 heavy (non-hydrogen) atoms. The highest BCUT2D eigenvalue weighted by molar-refractivity contribution is 7.85. The number of hydrogen-bond acceptors (Lipinski definition) is 4. The summed E-state index contributed by atoms with van der Waals surface area (Å²) in [5.74, 6) is 1.05. The fraction of sp³-hybridized carbons (Fsp3) is 0. The van der Waals surface area contributed by atoms with Crippen molar-refractivity contribution in [3.05, 3.63) is 194 Å². The van der Waals surface area contributed by atoms with Gasteiger partial charge in [0.15, 0.2) is 24.6 Å². The molecule has 8 aromatic carbocycles. The lowest BCUT2D eigenvalue weighted by Crippen LogP contribution is -2.24. The molecule has 0 atom stereocenters. The second-order valence-electron chi connectivity index (χ2n) is 13.0. The van der Waals surface area contributed by atoms with Gasteiger partial charge in [0.25, 0.3) is 0 Å². The van der Waals surface area contributed by atoms with Gasteiger partial charge in [0, 0.05) is 32.6 Å². The Hall–Kier alpha value is -6.55. The number of aromatic nitrogens is 3. The van der Waals surface area contributed by atoms with Crippen LogP contribution in [-0.4, -0.2) is 15.0 Å². The van der Waals surface area contributed by atoms with E-state index in [1.807, 2.05) is 91.0 Å². The zero-order chi connectivity index (χ0) is 35.8. The number of fused-ring (bicyclic) bond motifs is 2. The zero-order valence-electron chi connectivity index (χ0n) is 28.5. The lowest BCUT2D eigenvalue weighted by Gasteiger charge is -2.20. The Balaban J connectivity index is 1.11. The van der Waals surface area contributed by atoms with Gasteiger partial charge in [-0.1, -0.05) is 146 Å². The summed E-state index contributed by atoms with van der Waals surface area (Å²) in [6, 6.07) is 60.6. The van der Waals surface area contributed by atoms with Crippen LogP contribution in [0, 0.1) is 5.82 Å². The van der Waals surface area contributed by atoms with E-state index in [9.17, 15) is 8.96 Å². The predicted octanol–water partition coefficient (Wildman–Crippen LogP) is 10.6. The molecule has 9 rings (SSSR count). The fourth-order valence-corrected chi connectivity index (χ4v) is 9.49. The molecule has 0 spiro atoms. The van der Waals surface area contributed by atoms with E-state index in [1.165, 1.54) is 22.9 Å². The molecule has 0 bridgehead atoms. The van der Waals surface area contributed by atoms with Crippen LogP contribution in [-0.2, 0) is 4.57 Å². The van der Waals surface area contributed by atoms with Gasteiger partial charge >= 0.3 is 0 Å². The number of nitrogens with zero attached hydrogens (tertiary/aromatic N) is 3. The summed E-state index contributed by atoms with van der Waals surface area (Å²) in [6.07, 6.45) is 0. The Bertz CT molecular complexity index is 2760. The minimum absolute atomic E-state index is 0.335. The lowest BCUT2D eigenvalue weighted by atomic mass is 9.98. The Morgan fingerprint density at radius 2 is 0.698 bits per heavy atom. The normalized spacial score (nSPS) is 11.6. The second kappa shape index (κ2) is 13.5. The molecule has 252 valence electrons. The summed E-state index contributed by atoms with van der Waals surface area (Å²) in [7, 11) is -3.15. The standard InChI is InChI=1S/C47H31FN3OP/c48-41-25-21-33(22-26-41)45-49-46(34-23-27-44(28-24-34)53(52,42-11-3-1-4-12-42)43-13-5-2-6-14-43)51-47(50-45)40-20-19-38-30-37(17-18-39(38)31-40)36-16-15-32-9-7-8-10-35(32)29-36/h1-31H. The van der Waals surface area contributed by atoms with Gasteiger partial charge in [-0.2, -0.15) is 0 Å². The van der Waals surface area contributed by atoms with Gasteiger partial charge in [0.2, 0.25) is 0 Å². The van der Waals surface area contributed by atoms with Crippen LogP contribution < -0.4 is 15.9 Å². The second-order valence-corrected chi connectivity index (χ2v) is 15.7. The highest BCUT2D eigenvalue weighted by atomic mass is 31.2. The van der Waals surface area contributed by atoms with E-state index in [1.54, 1.807) is 12.1 Å². The molecule has 0 N–H and O–H groups in total. The molecule has 0 saturated carbocycles. The van der Waals surface area contributed by atoms with Gasteiger partial charge in [-0.05, 0) is 75.1 Å². The molecular formula is C47H31FN3OP. The fourth-order valence-electron chi connectivity index (χ4n) is 6.84. The van der Waals surface area contributed by atoms with Crippen molar-refractivity contribution >= 4 is 44.6 Å². The van der Waals surface area contributed by atoms with E-state index in [2.05, 4.69) is 72.8 Å². The largest absolute Gasteiger partial charge is 0.309 e. The van der Waals surface area contributed by atoms with Gasteiger partial charge in [-0.25, -0.2) is 19.3 Å². The SMILES string of the molecule is O=P(c1ccccc1)(c1ccccc1)c1ccc(-c2nc(-c3ccc(F)cc3)nc(-c3ccc4cc(-c5ccc6ccccc6c5)ccc4c3)n2)cc1. The highest BCUT2D eigenvalue weighted by Gasteiger charge is 2.29. The van der Waals surface area contributed by atoms with Crippen molar-refractivity contribution < 1.29 is 8.96 Å². The predicted molar refractivity (Wildman–Crippen MR) is 216 cm³/mol. The average Bonchev–Trinajstić information content (AvgIpc) is 3.23. The Kier molecular flexibility index (Phi) is 8.27. The summed E-state index contributed by atoms with van der Waals surface area (Å²) in [5, 5.41) is 6.82. The first kappa shape index (κ1) is 32.4. The molecule has 1 aromatic heterocycles. The molecule has 0 amide bonds. The molecular weight excluding hydrogens is 673 g/mol. The van der Waals surface area contributed by atoms with Crippen LogP contribution in [0.2, 0.25) is 0 Å². The summed E-state index contributed by atoms with van der Waals surface area (Å²) < 4.78 is 28.9. The summed E-state index contributed by atoms with van der Waals surface area (Å²) in [5.41, 5.74) is 4.55. The van der Waals surface area contributed by atoms with Crippen molar-refractivity contribution in [3.63, 3.8) is 0 Å². The van der Waals surface area contributed by atoms with Crippen molar-refractivity contribution in [3.8, 4) is 45.3 Å². The quantitative estimate of drug-likeness (QED) is 0.155. The first-order valence-electron chi connectivity index (χ1n) is 17.4. The van der Waals surface area contributed by atoms with Crippen molar-refractivity contribution in [2.75, 3.05) is 0 Å². The molecule has 0 aliphatic carbocycles. The molecule has 9 aromatic rings. The average molecular weight is 704 g/mol. The van der Waals surface area contributed by atoms with Crippen LogP contribution in [0.25, 0.3) is 66.8 Å². The van der Waals surface area contributed by atoms with Crippen LogP contribution in [0.1, 0.15) is 0 Å². The van der Waals surface area contributed by atoms with E-state index in [0.717, 1.165) is 43.6 Å². The monoisotopic (exact) mass is 703 g/mol. The molecule has 0 aliphatic heterocycles. The van der Waals surface area contributed by atoms with Crippen molar-refractivity contribution in [1.29, 1.82) is 0 Å². The minimum atomic E-state index is -3.15.